The molecule has 2 aromatic carbocycles. The van der Waals surface area contributed by atoms with Crippen molar-refractivity contribution in [3.63, 3.8) is 0 Å². The van der Waals surface area contributed by atoms with Crippen LogP contribution in [0.5, 0.6) is 11.5 Å². The van der Waals surface area contributed by atoms with Crippen LogP contribution in [0, 0.1) is 13.8 Å². The van der Waals surface area contributed by atoms with Gasteiger partial charge in [0.1, 0.15) is 17.7 Å². The molecular formula is C23H33ClN2O2. The van der Waals surface area contributed by atoms with Crippen LogP contribution in [0.4, 0.5) is 0 Å². The van der Waals surface area contributed by atoms with Crippen LogP contribution in [-0.2, 0) is 0 Å². The number of nitrogens with zero attached hydrogens (tertiary/aromatic N) is 1. The van der Waals surface area contributed by atoms with Gasteiger partial charge in [-0.15, -0.1) is 12.4 Å². The second kappa shape index (κ2) is 9.64. The zero-order valence-corrected chi connectivity index (χ0v) is 18.4. The zero-order chi connectivity index (χ0) is 19.6. The first-order chi connectivity index (χ1) is 12.9. The molecule has 1 aliphatic heterocycles. The van der Waals surface area contributed by atoms with Crippen LogP contribution in [-0.4, -0.2) is 42.4 Å². The number of halogens is 1. The molecular weight excluding hydrogens is 372 g/mol. The van der Waals surface area contributed by atoms with E-state index in [9.17, 15) is 5.11 Å². The molecule has 0 radical (unpaired) electrons. The van der Waals surface area contributed by atoms with Gasteiger partial charge in [-0.25, -0.2) is 0 Å². The molecule has 154 valence electrons. The second-order valence-electron chi connectivity index (χ2n) is 7.79. The smallest absolute Gasteiger partial charge is 0.149 e. The Labute approximate surface area is 175 Å². The Morgan fingerprint density at radius 3 is 2.32 bits per heavy atom. The van der Waals surface area contributed by atoms with E-state index in [2.05, 4.69) is 62.2 Å². The zero-order valence-electron chi connectivity index (χ0n) is 17.6. The molecule has 3 rings (SSSR count). The van der Waals surface area contributed by atoms with Crippen molar-refractivity contribution in [3.8, 4) is 22.6 Å². The third-order valence-electron chi connectivity index (χ3n) is 5.52. The topological polar surface area (TPSA) is 44.7 Å². The molecule has 1 heterocycles. The highest BCUT2D eigenvalue weighted by Gasteiger charge is 2.25. The monoisotopic (exact) mass is 404 g/mol. The lowest BCUT2D eigenvalue weighted by molar-refractivity contribution is 0.0309. The summed E-state index contributed by atoms with van der Waals surface area (Å²) in [7, 11) is 0. The molecule has 5 heteroatoms. The predicted octanol–water partition coefficient (Wildman–Crippen LogP) is 4.85. The van der Waals surface area contributed by atoms with Gasteiger partial charge in [-0.3, -0.25) is 4.90 Å². The predicted molar refractivity (Wildman–Crippen MR) is 119 cm³/mol. The first-order valence-corrected chi connectivity index (χ1v) is 9.94. The second-order valence-corrected chi connectivity index (χ2v) is 7.79. The molecule has 1 fully saturated rings. The number of benzene rings is 2. The van der Waals surface area contributed by atoms with Crippen LogP contribution in [0.15, 0.2) is 30.3 Å². The Kier molecular flexibility index (Phi) is 7.76. The van der Waals surface area contributed by atoms with E-state index in [1.807, 2.05) is 13.0 Å². The van der Waals surface area contributed by atoms with E-state index in [0.717, 1.165) is 48.6 Å². The lowest BCUT2D eigenvalue weighted by Crippen LogP contribution is -2.49. The number of nitrogens with one attached hydrogen (secondary N) is 1. The molecule has 2 aromatic rings. The fourth-order valence-corrected chi connectivity index (χ4v) is 3.79. The van der Waals surface area contributed by atoms with E-state index < -0.39 is 0 Å². The molecule has 1 saturated heterocycles. The van der Waals surface area contributed by atoms with Gasteiger partial charge in [0.2, 0.25) is 0 Å². The first-order valence-electron chi connectivity index (χ1n) is 9.94. The van der Waals surface area contributed by atoms with Crippen molar-refractivity contribution >= 4 is 12.4 Å². The third kappa shape index (κ3) is 4.62. The number of rotatable bonds is 5. The number of aromatic hydroxyl groups is 1. The Morgan fingerprint density at radius 2 is 1.71 bits per heavy atom. The maximum absolute atomic E-state index is 10.6. The molecule has 28 heavy (non-hydrogen) atoms. The van der Waals surface area contributed by atoms with Crippen LogP contribution in [0.3, 0.4) is 0 Å². The Hall–Kier alpha value is -1.75. The average Bonchev–Trinajstić information content (AvgIpc) is 2.66. The summed E-state index contributed by atoms with van der Waals surface area (Å²) in [6.07, 6.45) is -0.0459. The van der Waals surface area contributed by atoms with Crippen molar-refractivity contribution in [1.29, 1.82) is 0 Å². The molecule has 1 unspecified atom stereocenters. The summed E-state index contributed by atoms with van der Waals surface area (Å²) >= 11 is 0. The largest absolute Gasteiger partial charge is 0.508 e. The van der Waals surface area contributed by atoms with Crippen LogP contribution in [0.25, 0.3) is 11.1 Å². The molecule has 0 saturated carbocycles. The lowest BCUT2D eigenvalue weighted by atomic mass is 9.88. The molecule has 2 N–H and O–H groups in total. The molecule has 0 spiro atoms. The van der Waals surface area contributed by atoms with Gasteiger partial charge in [0.15, 0.2) is 0 Å². The van der Waals surface area contributed by atoms with Gasteiger partial charge >= 0.3 is 0 Å². The van der Waals surface area contributed by atoms with Gasteiger partial charge in [-0.1, -0.05) is 38.1 Å². The Bertz CT molecular complexity index is 801. The van der Waals surface area contributed by atoms with E-state index in [0.29, 0.717) is 5.75 Å². The number of phenolic OH excluding ortho intramolecular Hbond substituents is 1. The van der Waals surface area contributed by atoms with Gasteiger partial charge in [0.05, 0.1) is 0 Å². The summed E-state index contributed by atoms with van der Waals surface area (Å²) in [6, 6.07) is 10.3. The summed E-state index contributed by atoms with van der Waals surface area (Å²) in [4.78, 5) is 2.34. The van der Waals surface area contributed by atoms with Crippen LogP contribution >= 0.6 is 12.4 Å². The van der Waals surface area contributed by atoms with Crippen molar-refractivity contribution < 1.29 is 9.84 Å². The van der Waals surface area contributed by atoms with Crippen molar-refractivity contribution in [2.75, 3.05) is 26.2 Å². The van der Waals surface area contributed by atoms with E-state index >= 15 is 0 Å². The minimum Gasteiger partial charge on any atom is -0.508 e. The molecule has 0 aromatic heterocycles. The average molecular weight is 405 g/mol. The van der Waals surface area contributed by atoms with E-state index in [1.54, 1.807) is 0 Å². The number of hydrogen-bond acceptors (Lipinski definition) is 4. The fourth-order valence-electron chi connectivity index (χ4n) is 3.79. The summed E-state index contributed by atoms with van der Waals surface area (Å²) in [5, 5.41) is 14.0. The maximum Gasteiger partial charge on any atom is 0.149 e. The minimum atomic E-state index is -0.0459. The number of phenols is 1. The number of hydrogen-bond donors (Lipinski definition) is 2. The Balaban J connectivity index is 0.00000280. The van der Waals surface area contributed by atoms with Crippen molar-refractivity contribution in [2.45, 2.75) is 46.8 Å². The highest BCUT2D eigenvalue weighted by atomic mass is 35.5. The molecule has 1 atom stereocenters. The van der Waals surface area contributed by atoms with Gasteiger partial charge in [-0.2, -0.15) is 0 Å². The van der Waals surface area contributed by atoms with E-state index in [1.165, 1.54) is 11.1 Å². The van der Waals surface area contributed by atoms with E-state index in [4.69, 9.17) is 4.74 Å². The van der Waals surface area contributed by atoms with Gasteiger partial charge in [0, 0.05) is 37.3 Å². The summed E-state index contributed by atoms with van der Waals surface area (Å²) < 4.78 is 6.53. The van der Waals surface area contributed by atoms with Gasteiger partial charge < -0.3 is 15.2 Å². The van der Waals surface area contributed by atoms with Crippen LogP contribution in [0.1, 0.15) is 43.4 Å². The quantitative estimate of drug-likeness (QED) is 0.747. The third-order valence-corrected chi connectivity index (χ3v) is 5.52. The normalized spacial score (nSPS) is 15.9. The molecule has 0 bridgehead atoms. The van der Waals surface area contributed by atoms with Crippen LogP contribution in [0.2, 0.25) is 0 Å². The maximum atomic E-state index is 10.6. The van der Waals surface area contributed by atoms with Crippen molar-refractivity contribution in [3.05, 3.63) is 47.0 Å². The first kappa shape index (κ1) is 22.5. The number of aryl methyl sites for hydroxylation is 1. The Morgan fingerprint density at radius 1 is 1.07 bits per heavy atom. The fraction of sp³-hybridized carbons (Fsp3) is 0.478. The lowest BCUT2D eigenvalue weighted by Gasteiger charge is -2.34. The van der Waals surface area contributed by atoms with E-state index in [-0.39, 0.29) is 24.6 Å². The summed E-state index contributed by atoms with van der Waals surface area (Å²) in [5.74, 6) is 1.39. The highest BCUT2D eigenvalue weighted by molar-refractivity contribution is 5.85. The SMILES string of the molecule is Cc1ccccc1-c1c(C(C)C)cc(O)c(C)c1OC(C)N1CCNCC1.Cl. The molecule has 0 amide bonds. The molecule has 0 aliphatic carbocycles. The standard InChI is InChI=1S/C23H32N2O2.ClH/c1-15(2)20-14-21(26)17(4)23(22(20)19-9-7-6-8-16(19)3)27-18(5)25-12-10-24-11-13-25;/h6-9,14-15,18,24,26H,10-13H2,1-5H3;1H. The summed E-state index contributed by atoms with van der Waals surface area (Å²) in [6.45, 7) is 14.4. The molecule has 4 nitrogen and oxygen atoms in total. The summed E-state index contributed by atoms with van der Waals surface area (Å²) in [5.41, 5.74) is 5.42. The highest BCUT2D eigenvalue weighted by Crippen LogP contribution is 2.44. The minimum absolute atomic E-state index is 0. The van der Waals surface area contributed by atoms with Crippen molar-refractivity contribution in [2.24, 2.45) is 0 Å². The molecule has 1 aliphatic rings. The van der Waals surface area contributed by atoms with Gasteiger partial charge in [0.25, 0.3) is 0 Å². The van der Waals surface area contributed by atoms with Crippen LogP contribution < -0.4 is 10.1 Å². The van der Waals surface area contributed by atoms with Gasteiger partial charge in [-0.05, 0) is 49.4 Å². The van der Waals surface area contributed by atoms with Crippen molar-refractivity contribution in [1.82, 2.24) is 10.2 Å². The number of piperazine rings is 1. The number of ether oxygens (including phenoxy) is 1.